The minimum atomic E-state index is -0.940. The van der Waals surface area contributed by atoms with Gasteiger partial charge in [0.1, 0.15) is 6.10 Å². The molecule has 0 saturated heterocycles. The maximum atomic E-state index is 11.0. The molecule has 1 rings (SSSR count). The lowest BCUT2D eigenvalue weighted by Gasteiger charge is -2.10. The van der Waals surface area contributed by atoms with E-state index in [0.717, 1.165) is 0 Å². The average molecular weight is 211 g/mol. The Morgan fingerprint density at radius 2 is 2.40 bits per heavy atom. The zero-order chi connectivity index (χ0) is 11.4. The normalized spacial score (nSPS) is 11.8. The van der Waals surface area contributed by atoms with Crippen LogP contribution < -0.4 is 5.73 Å². The quantitative estimate of drug-likeness (QED) is 0.574. The van der Waals surface area contributed by atoms with Gasteiger partial charge in [0.05, 0.1) is 11.3 Å². The molecule has 0 spiro atoms. The van der Waals surface area contributed by atoms with Crippen LogP contribution in [0.3, 0.4) is 0 Å². The molecule has 7 nitrogen and oxygen atoms in total. The summed E-state index contributed by atoms with van der Waals surface area (Å²) in [6.45, 7) is 1.41. The summed E-state index contributed by atoms with van der Waals surface area (Å²) >= 11 is 0. The molecule has 0 aliphatic rings. The smallest absolute Gasteiger partial charge is 0.295 e. The van der Waals surface area contributed by atoms with Crippen LogP contribution in [0.2, 0.25) is 0 Å². The Bertz CT molecular complexity index is 393. The number of hydrogen-bond acceptors (Lipinski definition) is 5. The second kappa shape index (κ2) is 4.36. The molecule has 1 aromatic heterocycles. The number of aromatic nitrogens is 1. The van der Waals surface area contributed by atoms with E-state index in [1.54, 1.807) is 0 Å². The van der Waals surface area contributed by atoms with Crippen LogP contribution in [0, 0.1) is 10.1 Å². The van der Waals surface area contributed by atoms with Crippen molar-refractivity contribution in [3.63, 3.8) is 0 Å². The molecule has 0 radical (unpaired) electrons. The van der Waals surface area contributed by atoms with Gasteiger partial charge in [-0.25, -0.2) is 0 Å². The van der Waals surface area contributed by atoms with E-state index in [-0.39, 0.29) is 11.3 Å². The predicted molar refractivity (Wildman–Crippen MR) is 49.2 cm³/mol. The van der Waals surface area contributed by atoms with E-state index >= 15 is 0 Å². The first kappa shape index (κ1) is 10.9. The predicted octanol–water partition coefficient (Wildman–Crippen LogP) is 0.450. The Morgan fingerprint density at radius 1 is 1.73 bits per heavy atom. The minimum Gasteiger partial charge on any atom is -0.366 e. The second-order valence-corrected chi connectivity index (χ2v) is 2.77. The van der Waals surface area contributed by atoms with Crippen LogP contribution in [-0.2, 0) is 4.84 Å². The SMILES string of the molecule is CC(O[N+](=O)[O-])c1ncccc1C(N)=O. The Labute approximate surface area is 85.0 Å². The molecule has 7 heteroatoms. The van der Waals surface area contributed by atoms with E-state index in [1.807, 2.05) is 0 Å². The fraction of sp³-hybridized carbons (Fsp3) is 0.250. The van der Waals surface area contributed by atoms with Gasteiger partial charge in [-0.1, -0.05) is 0 Å². The van der Waals surface area contributed by atoms with Crippen molar-refractivity contribution in [3.05, 3.63) is 39.7 Å². The van der Waals surface area contributed by atoms with E-state index in [2.05, 4.69) is 9.82 Å². The van der Waals surface area contributed by atoms with Crippen LogP contribution in [0.1, 0.15) is 29.1 Å². The maximum Gasteiger partial charge on any atom is 0.295 e. The van der Waals surface area contributed by atoms with Crippen LogP contribution in [-0.4, -0.2) is 16.0 Å². The number of amides is 1. The van der Waals surface area contributed by atoms with E-state index in [0.29, 0.717) is 0 Å². The molecule has 1 amide bonds. The van der Waals surface area contributed by atoms with Crippen molar-refractivity contribution in [2.75, 3.05) is 0 Å². The van der Waals surface area contributed by atoms with Crippen molar-refractivity contribution in [1.29, 1.82) is 0 Å². The van der Waals surface area contributed by atoms with E-state index in [1.165, 1.54) is 25.3 Å². The van der Waals surface area contributed by atoms with Crippen LogP contribution in [0.4, 0.5) is 0 Å². The number of rotatable bonds is 4. The molecule has 0 aliphatic heterocycles. The molecular formula is C8H9N3O4. The maximum absolute atomic E-state index is 11.0. The number of primary amides is 1. The van der Waals surface area contributed by atoms with Gasteiger partial charge in [0.2, 0.25) is 0 Å². The molecule has 0 bridgehead atoms. The highest BCUT2D eigenvalue weighted by Crippen LogP contribution is 2.17. The van der Waals surface area contributed by atoms with Gasteiger partial charge in [0.15, 0.2) is 0 Å². The number of carbonyl (C=O) groups is 1. The number of hydrogen-bond donors (Lipinski definition) is 1. The summed E-state index contributed by atoms with van der Waals surface area (Å²) in [6.07, 6.45) is 0.477. The molecule has 1 unspecified atom stereocenters. The summed E-state index contributed by atoms with van der Waals surface area (Å²) in [7, 11) is 0. The standard InChI is InChI=1S/C8H9N3O4/c1-5(15-11(13)14)7-6(8(9)12)3-2-4-10-7/h2-5H,1H3,(H2,9,12). The lowest BCUT2D eigenvalue weighted by molar-refractivity contribution is -0.770. The first-order valence-corrected chi connectivity index (χ1v) is 4.08. The first-order chi connectivity index (χ1) is 7.02. The largest absolute Gasteiger partial charge is 0.366 e. The monoisotopic (exact) mass is 211 g/mol. The molecule has 1 aromatic rings. The Balaban J connectivity index is 3.02. The summed E-state index contributed by atoms with van der Waals surface area (Å²) in [5, 5.41) is 9.16. The highest BCUT2D eigenvalue weighted by Gasteiger charge is 2.17. The van der Waals surface area contributed by atoms with E-state index < -0.39 is 17.1 Å². The third-order valence-electron chi connectivity index (χ3n) is 1.73. The number of carbonyl (C=O) groups excluding carboxylic acids is 1. The van der Waals surface area contributed by atoms with Crippen molar-refractivity contribution in [2.24, 2.45) is 5.73 Å². The van der Waals surface area contributed by atoms with Crippen LogP contribution >= 0.6 is 0 Å². The third-order valence-corrected chi connectivity index (χ3v) is 1.73. The van der Waals surface area contributed by atoms with Crippen LogP contribution in [0.15, 0.2) is 18.3 Å². The van der Waals surface area contributed by atoms with Gasteiger partial charge in [0, 0.05) is 6.20 Å². The Kier molecular flexibility index (Phi) is 3.17. The fourth-order valence-electron chi connectivity index (χ4n) is 1.13. The molecular weight excluding hydrogens is 202 g/mol. The number of pyridine rings is 1. The highest BCUT2D eigenvalue weighted by molar-refractivity contribution is 5.93. The lowest BCUT2D eigenvalue weighted by atomic mass is 10.1. The Hall–Kier alpha value is -2.18. The third kappa shape index (κ3) is 2.63. The van der Waals surface area contributed by atoms with Gasteiger partial charge in [-0.2, -0.15) is 0 Å². The summed E-state index contributed by atoms with van der Waals surface area (Å²) < 4.78 is 0. The first-order valence-electron chi connectivity index (χ1n) is 4.08. The summed E-state index contributed by atoms with van der Waals surface area (Å²) in [6, 6.07) is 2.95. The lowest BCUT2D eigenvalue weighted by Crippen LogP contribution is -2.18. The minimum absolute atomic E-state index is 0.117. The fourth-order valence-corrected chi connectivity index (χ4v) is 1.13. The molecule has 0 saturated carbocycles. The molecule has 2 N–H and O–H groups in total. The van der Waals surface area contributed by atoms with Gasteiger partial charge in [-0.05, 0) is 19.1 Å². The molecule has 0 aliphatic carbocycles. The molecule has 1 atom stereocenters. The van der Waals surface area contributed by atoms with Crippen molar-refractivity contribution in [1.82, 2.24) is 4.98 Å². The number of nitrogens with zero attached hydrogens (tertiary/aromatic N) is 2. The molecule has 1 heterocycles. The van der Waals surface area contributed by atoms with Gasteiger partial charge in [-0.3, -0.25) is 9.78 Å². The topological polar surface area (TPSA) is 108 Å². The average Bonchev–Trinajstić information content (AvgIpc) is 2.16. The summed E-state index contributed by atoms with van der Waals surface area (Å²) in [4.78, 5) is 29.2. The van der Waals surface area contributed by atoms with Crippen LogP contribution in [0.25, 0.3) is 0 Å². The molecule has 80 valence electrons. The van der Waals surface area contributed by atoms with Crippen molar-refractivity contribution in [2.45, 2.75) is 13.0 Å². The molecule has 0 aromatic carbocycles. The summed E-state index contributed by atoms with van der Waals surface area (Å²) in [5.74, 6) is -0.697. The van der Waals surface area contributed by atoms with E-state index in [4.69, 9.17) is 5.73 Å². The van der Waals surface area contributed by atoms with E-state index in [9.17, 15) is 14.9 Å². The van der Waals surface area contributed by atoms with Crippen molar-refractivity contribution < 1.29 is 14.7 Å². The zero-order valence-corrected chi connectivity index (χ0v) is 7.91. The second-order valence-electron chi connectivity index (χ2n) is 2.77. The van der Waals surface area contributed by atoms with Gasteiger partial charge < -0.3 is 10.6 Å². The van der Waals surface area contributed by atoms with Gasteiger partial charge in [0.25, 0.3) is 11.0 Å². The van der Waals surface area contributed by atoms with Gasteiger partial charge in [-0.15, -0.1) is 10.1 Å². The summed E-state index contributed by atoms with van der Waals surface area (Å²) in [5.41, 5.74) is 5.35. The zero-order valence-electron chi connectivity index (χ0n) is 7.91. The molecule has 0 fully saturated rings. The van der Waals surface area contributed by atoms with Crippen molar-refractivity contribution >= 4 is 5.91 Å². The van der Waals surface area contributed by atoms with Gasteiger partial charge >= 0.3 is 0 Å². The van der Waals surface area contributed by atoms with Crippen molar-refractivity contribution in [3.8, 4) is 0 Å². The number of nitrogens with two attached hydrogens (primary N) is 1. The Morgan fingerprint density at radius 3 is 2.93 bits per heavy atom. The molecule has 15 heavy (non-hydrogen) atoms. The van der Waals surface area contributed by atoms with Crippen LogP contribution in [0.5, 0.6) is 0 Å². The highest BCUT2D eigenvalue weighted by atomic mass is 17.0.